The number of halogens is 3. The number of hydrogen-bond acceptors (Lipinski definition) is 6. The van der Waals surface area contributed by atoms with E-state index in [-0.39, 0.29) is 47.4 Å². The van der Waals surface area contributed by atoms with E-state index in [0.717, 1.165) is 45.7 Å². The Hall–Kier alpha value is -5.20. The summed E-state index contributed by atoms with van der Waals surface area (Å²) in [6.45, 7) is 0. The van der Waals surface area contributed by atoms with Gasteiger partial charge in [-0.05, 0) is 23.5 Å². The summed E-state index contributed by atoms with van der Waals surface area (Å²) in [4.78, 5) is 16.9. The van der Waals surface area contributed by atoms with Crippen LogP contribution in [0.3, 0.4) is 0 Å². The summed E-state index contributed by atoms with van der Waals surface area (Å²) < 4.78 is 54.1. The maximum Gasteiger partial charge on any atom is 2.00 e. The molecular weight excluding hydrogens is 929 g/mol. The van der Waals surface area contributed by atoms with Gasteiger partial charge in [-0.2, -0.15) is 36.1 Å². The molecule has 4 aromatic heterocycles. The number of pyridine rings is 2. The molecule has 0 aliphatic carbocycles. The zero-order valence-corrected chi connectivity index (χ0v) is 29.7. The number of rotatable bonds is 7. The molecule has 0 atom stereocenters. The molecule has 0 spiro atoms. The number of aromatic nitrogens is 5. The number of nitrogens with zero attached hydrogens (tertiary/aromatic N) is 5. The maximum atomic E-state index is 13.4. The Kier molecular flexibility index (Phi) is 10.4. The van der Waals surface area contributed by atoms with Crippen LogP contribution in [0, 0.1) is 24.3 Å². The fraction of sp³-hybridized carbons (Fsp3) is 0.0256. The van der Waals surface area contributed by atoms with Crippen LogP contribution >= 0.6 is 0 Å². The average Bonchev–Trinajstić information content (AvgIpc) is 3.45. The third-order valence-corrected chi connectivity index (χ3v) is 7.56. The van der Waals surface area contributed by atoms with Gasteiger partial charge in [0.1, 0.15) is 0 Å². The van der Waals surface area contributed by atoms with Crippen molar-refractivity contribution >= 4 is 21.8 Å². The predicted octanol–water partition coefficient (Wildman–Crippen LogP) is 9.50. The molecule has 0 saturated carbocycles. The largest absolute Gasteiger partial charge is 2.00 e. The zero-order valence-electron chi connectivity index (χ0n) is 25.9. The van der Waals surface area contributed by atoms with Crippen LogP contribution in [0.5, 0.6) is 23.0 Å². The Labute approximate surface area is 318 Å². The van der Waals surface area contributed by atoms with Crippen molar-refractivity contribution in [2.45, 2.75) is 6.18 Å². The van der Waals surface area contributed by atoms with Gasteiger partial charge in [0.2, 0.25) is 5.95 Å². The van der Waals surface area contributed by atoms with Gasteiger partial charge in [0.05, 0.1) is 5.56 Å². The van der Waals surface area contributed by atoms with Crippen LogP contribution in [0.1, 0.15) is 5.56 Å². The molecule has 0 bridgehead atoms. The molecule has 0 fully saturated rings. The molecule has 51 heavy (non-hydrogen) atoms. The molecule has 0 amide bonds. The first-order chi connectivity index (χ1) is 23.9. The smallest absolute Gasteiger partial charge is 0.503 e. The summed E-state index contributed by atoms with van der Waals surface area (Å²) in [7, 11) is 0. The van der Waals surface area contributed by atoms with Gasteiger partial charge < -0.3 is 24.0 Å². The molecule has 0 saturated heterocycles. The minimum absolute atomic E-state index is 0. The Morgan fingerprint density at radius 1 is 0.529 bits per heavy atom. The number of alkyl halides is 3. The molecule has 12 heteroatoms. The summed E-state index contributed by atoms with van der Waals surface area (Å²) >= 11 is 0. The monoisotopic (exact) mass is 948 g/mol. The second kappa shape index (κ2) is 15.0. The van der Waals surface area contributed by atoms with Gasteiger partial charge in [-0.3, -0.25) is 0 Å². The minimum Gasteiger partial charge on any atom is -0.503 e. The number of ether oxygens (including phenoxy) is 2. The van der Waals surface area contributed by atoms with Gasteiger partial charge in [0, 0.05) is 47.8 Å². The van der Waals surface area contributed by atoms with E-state index in [9.17, 15) is 13.2 Å². The van der Waals surface area contributed by atoms with E-state index in [1.165, 1.54) is 0 Å². The third kappa shape index (κ3) is 7.47. The van der Waals surface area contributed by atoms with Gasteiger partial charge in [0.25, 0.3) is 0 Å². The molecule has 4 aromatic carbocycles. The minimum atomic E-state index is -4.60. The average molecular weight is 949 g/mol. The third-order valence-electron chi connectivity index (χ3n) is 7.56. The summed E-state index contributed by atoms with van der Waals surface area (Å²) in [5, 5.41) is 1.45. The molecule has 0 N–H and O–H groups in total. The van der Waals surface area contributed by atoms with Crippen molar-refractivity contribution in [3.63, 3.8) is 0 Å². The van der Waals surface area contributed by atoms with Crippen LogP contribution in [-0.2, 0) is 47.7 Å². The van der Waals surface area contributed by atoms with Gasteiger partial charge in [-0.1, -0.05) is 47.4 Å². The van der Waals surface area contributed by atoms with Crippen molar-refractivity contribution in [3.05, 3.63) is 152 Å². The van der Waals surface area contributed by atoms with E-state index in [4.69, 9.17) is 9.47 Å². The van der Waals surface area contributed by atoms with E-state index in [1.54, 1.807) is 41.2 Å². The standard InChI is InChI=1S/C39H20F3N5O2.Pd.Pt/c40-39(41,42)27-23-45-38(46-24-27)47-36-21-30(48-28-9-5-7-25(19-28)34-11-1-3-17-43-34)13-15-32(36)33-16-14-31(22-37(33)47)49-29-10-6-8-26(20-29)35-12-2-4-18-44-35;;/h1-18,23-24H;;/q-4;2*+2. The molecule has 4 heterocycles. The molecule has 8 rings (SSSR count). The molecule has 0 radical (unpaired) electrons. The van der Waals surface area contributed by atoms with E-state index in [2.05, 4.69) is 44.2 Å². The van der Waals surface area contributed by atoms with Gasteiger partial charge in [-0.15, -0.1) is 71.8 Å². The zero-order chi connectivity index (χ0) is 33.4. The van der Waals surface area contributed by atoms with Gasteiger partial charge >= 0.3 is 47.7 Å². The molecule has 254 valence electrons. The Bertz CT molecular complexity index is 2300. The van der Waals surface area contributed by atoms with Crippen LogP contribution < -0.4 is 9.47 Å². The second-order valence-electron chi connectivity index (χ2n) is 10.8. The predicted molar refractivity (Wildman–Crippen MR) is 176 cm³/mol. The van der Waals surface area contributed by atoms with Crippen LogP contribution in [0.15, 0.2) is 122 Å². The first-order valence-corrected chi connectivity index (χ1v) is 14.9. The number of fused-ring (bicyclic) bond motifs is 3. The summed E-state index contributed by atoms with van der Waals surface area (Å²) in [5.41, 5.74) is 2.93. The van der Waals surface area contributed by atoms with E-state index in [0.29, 0.717) is 34.0 Å². The van der Waals surface area contributed by atoms with Crippen molar-refractivity contribution < 1.29 is 64.1 Å². The van der Waals surface area contributed by atoms with Gasteiger partial charge in [0.15, 0.2) is 0 Å². The quantitative estimate of drug-likeness (QED) is 0.117. The van der Waals surface area contributed by atoms with E-state index >= 15 is 0 Å². The summed E-state index contributed by atoms with van der Waals surface area (Å²) in [5.74, 6) is 1.53. The van der Waals surface area contributed by atoms with Crippen LogP contribution in [0.25, 0.3) is 50.3 Å². The Morgan fingerprint density at radius 2 is 1.00 bits per heavy atom. The number of hydrogen-bond donors (Lipinski definition) is 0. The topological polar surface area (TPSA) is 75.0 Å². The van der Waals surface area contributed by atoms with Crippen molar-refractivity contribution in [3.8, 4) is 51.5 Å². The molecule has 8 aromatic rings. The van der Waals surface area contributed by atoms with Crippen LogP contribution in [0.2, 0.25) is 0 Å². The molecular formula is C39H20F3N5O2PdPt. The van der Waals surface area contributed by atoms with Crippen molar-refractivity contribution in [2.24, 2.45) is 0 Å². The first kappa shape index (κ1) is 35.6. The molecule has 0 aliphatic rings. The van der Waals surface area contributed by atoms with Crippen molar-refractivity contribution in [2.75, 3.05) is 0 Å². The summed E-state index contributed by atoms with van der Waals surface area (Å²) in [6, 6.07) is 42.3. The first-order valence-electron chi connectivity index (χ1n) is 14.9. The molecule has 0 aliphatic heterocycles. The summed E-state index contributed by atoms with van der Waals surface area (Å²) in [6.07, 6.45) is 0.297. The van der Waals surface area contributed by atoms with E-state index in [1.807, 2.05) is 72.8 Å². The van der Waals surface area contributed by atoms with Crippen LogP contribution in [0.4, 0.5) is 13.2 Å². The number of benzene rings is 4. The second-order valence-corrected chi connectivity index (χ2v) is 10.8. The van der Waals surface area contributed by atoms with Crippen molar-refractivity contribution in [1.29, 1.82) is 0 Å². The fourth-order valence-corrected chi connectivity index (χ4v) is 5.32. The normalized spacial score (nSPS) is 11.1. The van der Waals surface area contributed by atoms with E-state index < -0.39 is 11.7 Å². The molecule has 7 nitrogen and oxygen atoms in total. The maximum absolute atomic E-state index is 13.4. The Morgan fingerprint density at radius 3 is 1.43 bits per heavy atom. The fourth-order valence-electron chi connectivity index (χ4n) is 5.32. The SMILES string of the molecule is FC(F)(F)c1cnc(-n2c3[c-]c(Oc4[c-]c(-c5ccccn5)ccc4)ccc3c3ccc(Oc4[c-]c(-c5ccccn5)ccc4)[c-]c32)nc1.[Pd+2].[Pt+2]. The Balaban J connectivity index is 0.00000224. The van der Waals surface area contributed by atoms with Crippen LogP contribution in [-0.4, -0.2) is 24.5 Å². The van der Waals surface area contributed by atoms with Gasteiger partial charge in [-0.25, -0.2) is 9.97 Å². The van der Waals surface area contributed by atoms with Crippen molar-refractivity contribution in [1.82, 2.24) is 24.5 Å². The molecule has 0 unspecified atom stereocenters.